The Morgan fingerprint density at radius 2 is 2.12 bits per heavy atom. The molecule has 1 aromatic rings. The Kier molecular flexibility index (Phi) is 3.39. The molecule has 1 atom stereocenters. The van der Waals surface area contributed by atoms with E-state index >= 15 is 0 Å². The molecule has 2 aliphatic rings. The summed E-state index contributed by atoms with van der Waals surface area (Å²) in [5, 5.41) is 1.07. The predicted molar refractivity (Wildman–Crippen MR) is 73.1 cm³/mol. The molecule has 92 valence electrons. The second-order valence-electron chi connectivity index (χ2n) is 4.96. The minimum absolute atomic E-state index is 0.561. The van der Waals surface area contributed by atoms with Crippen molar-refractivity contribution >= 4 is 15.9 Å². The van der Waals surface area contributed by atoms with E-state index in [0.29, 0.717) is 5.92 Å². The summed E-state index contributed by atoms with van der Waals surface area (Å²) in [4.78, 5) is 2.62. The van der Waals surface area contributed by atoms with Crippen molar-refractivity contribution in [1.82, 2.24) is 4.90 Å². The molecule has 0 radical (unpaired) electrons. The smallest absolute Gasteiger partial charge is 0.122 e. The molecule has 1 unspecified atom stereocenters. The lowest BCUT2D eigenvalue weighted by molar-refractivity contribution is 0.236. The van der Waals surface area contributed by atoms with Crippen LogP contribution in [-0.4, -0.2) is 36.0 Å². The van der Waals surface area contributed by atoms with Crippen molar-refractivity contribution < 1.29 is 4.74 Å². The molecule has 1 aromatic carbocycles. The number of alkyl halides is 1. The summed E-state index contributed by atoms with van der Waals surface area (Å²) in [5.74, 6) is 1.65. The van der Waals surface area contributed by atoms with Crippen LogP contribution in [0.2, 0.25) is 0 Å². The Balaban J connectivity index is 1.69. The van der Waals surface area contributed by atoms with Crippen LogP contribution in [0.15, 0.2) is 24.3 Å². The first kappa shape index (κ1) is 11.5. The monoisotopic (exact) mass is 295 g/mol. The molecule has 1 aliphatic heterocycles. The number of benzene rings is 1. The van der Waals surface area contributed by atoms with Crippen molar-refractivity contribution in [1.29, 1.82) is 0 Å². The van der Waals surface area contributed by atoms with E-state index in [0.717, 1.165) is 36.8 Å². The predicted octanol–water partition coefficient (Wildman–Crippen LogP) is 3.02. The first-order valence-corrected chi connectivity index (χ1v) is 7.52. The Morgan fingerprint density at radius 1 is 1.29 bits per heavy atom. The number of nitrogens with zero attached hydrogens (tertiary/aromatic N) is 1. The minimum atomic E-state index is 0.561. The van der Waals surface area contributed by atoms with Gasteiger partial charge in [0.25, 0.3) is 0 Å². The van der Waals surface area contributed by atoms with Crippen molar-refractivity contribution in [2.24, 2.45) is 0 Å². The zero-order chi connectivity index (χ0) is 11.7. The van der Waals surface area contributed by atoms with Crippen LogP contribution < -0.4 is 4.74 Å². The van der Waals surface area contributed by atoms with E-state index in [1.807, 2.05) is 0 Å². The van der Waals surface area contributed by atoms with E-state index in [9.17, 15) is 0 Å². The highest BCUT2D eigenvalue weighted by Crippen LogP contribution is 2.36. The average Bonchev–Trinajstić information content (AvgIpc) is 3.12. The maximum atomic E-state index is 5.75. The number of hydrogen-bond acceptors (Lipinski definition) is 2. The van der Waals surface area contributed by atoms with Crippen molar-refractivity contribution in [3.05, 3.63) is 29.8 Å². The van der Waals surface area contributed by atoms with Gasteiger partial charge >= 0.3 is 0 Å². The van der Waals surface area contributed by atoms with Crippen LogP contribution in [0.1, 0.15) is 24.3 Å². The SMILES string of the molecule is BrCCN(CC1COc2ccccc21)C1CC1. The quantitative estimate of drug-likeness (QED) is 0.774. The van der Waals surface area contributed by atoms with Gasteiger partial charge in [-0.25, -0.2) is 0 Å². The third-order valence-electron chi connectivity index (χ3n) is 3.69. The maximum absolute atomic E-state index is 5.75. The number of halogens is 1. The van der Waals surface area contributed by atoms with Crippen LogP contribution >= 0.6 is 15.9 Å². The zero-order valence-electron chi connectivity index (χ0n) is 9.94. The summed E-state index contributed by atoms with van der Waals surface area (Å²) >= 11 is 3.55. The molecule has 1 saturated carbocycles. The summed E-state index contributed by atoms with van der Waals surface area (Å²) in [6.07, 6.45) is 2.75. The average molecular weight is 296 g/mol. The highest BCUT2D eigenvalue weighted by atomic mass is 79.9. The van der Waals surface area contributed by atoms with Crippen LogP contribution in [-0.2, 0) is 0 Å². The molecule has 1 fully saturated rings. The fourth-order valence-corrected chi connectivity index (χ4v) is 3.09. The van der Waals surface area contributed by atoms with Crippen molar-refractivity contribution in [3.63, 3.8) is 0 Å². The number of rotatable bonds is 5. The van der Waals surface area contributed by atoms with Gasteiger partial charge in [-0.2, -0.15) is 0 Å². The van der Waals surface area contributed by atoms with Crippen LogP contribution in [0.4, 0.5) is 0 Å². The van der Waals surface area contributed by atoms with E-state index in [-0.39, 0.29) is 0 Å². The Hall–Kier alpha value is -0.540. The maximum Gasteiger partial charge on any atom is 0.122 e. The number of fused-ring (bicyclic) bond motifs is 1. The molecule has 0 spiro atoms. The van der Waals surface area contributed by atoms with Gasteiger partial charge in [0.2, 0.25) is 0 Å². The van der Waals surface area contributed by atoms with Gasteiger partial charge in [-0.15, -0.1) is 0 Å². The van der Waals surface area contributed by atoms with Gasteiger partial charge in [-0.05, 0) is 18.9 Å². The molecule has 1 heterocycles. The molecule has 3 rings (SSSR count). The van der Waals surface area contributed by atoms with Gasteiger partial charge in [0, 0.05) is 35.9 Å². The summed E-state index contributed by atoms with van der Waals surface area (Å²) in [6.45, 7) is 3.15. The second-order valence-corrected chi connectivity index (χ2v) is 5.75. The fourth-order valence-electron chi connectivity index (χ4n) is 2.63. The molecule has 0 N–H and O–H groups in total. The zero-order valence-corrected chi connectivity index (χ0v) is 11.5. The summed E-state index contributed by atoms with van der Waals surface area (Å²) in [7, 11) is 0. The van der Waals surface area contributed by atoms with E-state index in [1.165, 1.54) is 18.4 Å². The normalized spacial score (nSPS) is 22.6. The first-order valence-electron chi connectivity index (χ1n) is 6.40. The van der Waals surface area contributed by atoms with Crippen molar-refractivity contribution in [3.8, 4) is 5.75 Å². The molecule has 3 heteroatoms. The largest absolute Gasteiger partial charge is 0.493 e. The van der Waals surface area contributed by atoms with Crippen LogP contribution in [0.25, 0.3) is 0 Å². The number of hydrogen-bond donors (Lipinski definition) is 0. The highest BCUT2D eigenvalue weighted by Gasteiger charge is 2.32. The number of ether oxygens (including phenoxy) is 1. The molecule has 17 heavy (non-hydrogen) atoms. The lowest BCUT2D eigenvalue weighted by Gasteiger charge is -2.24. The molecule has 0 saturated heterocycles. The van der Waals surface area contributed by atoms with Gasteiger partial charge in [-0.3, -0.25) is 4.90 Å². The summed E-state index contributed by atoms with van der Waals surface area (Å²) in [5.41, 5.74) is 1.40. The summed E-state index contributed by atoms with van der Waals surface area (Å²) < 4.78 is 5.75. The molecule has 0 bridgehead atoms. The molecule has 1 aliphatic carbocycles. The van der Waals surface area contributed by atoms with Crippen molar-refractivity contribution in [2.75, 3.05) is 25.0 Å². The number of para-hydroxylation sites is 1. The van der Waals surface area contributed by atoms with Gasteiger partial charge < -0.3 is 4.74 Å². The molecule has 0 aromatic heterocycles. The van der Waals surface area contributed by atoms with E-state index in [2.05, 4.69) is 45.1 Å². The van der Waals surface area contributed by atoms with E-state index < -0.39 is 0 Å². The first-order chi connectivity index (χ1) is 8.38. The topological polar surface area (TPSA) is 12.5 Å². The molecular formula is C14H18BrNO. The lowest BCUT2D eigenvalue weighted by Crippen LogP contribution is -2.32. The lowest BCUT2D eigenvalue weighted by atomic mass is 10.0. The van der Waals surface area contributed by atoms with Crippen molar-refractivity contribution in [2.45, 2.75) is 24.8 Å². The minimum Gasteiger partial charge on any atom is -0.493 e. The van der Waals surface area contributed by atoms with Gasteiger partial charge in [0.15, 0.2) is 0 Å². The Labute approximate surface area is 111 Å². The van der Waals surface area contributed by atoms with Gasteiger partial charge in [0.05, 0.1) is 6.61 Å². The third-order valence-corrected chi connectivity index (χ3v) is 4.04. The Bertz CT molecular complexity index is 392. The van der Waals surface area contributed by atoms with Crippen LogP contribution in [0, 0.1) is 0 Å². The molecule has 0 amide bonds. The Morgan fingerprint density at radius 3 is 2.88 bits per heavy atom. The van der Waals surface area contributed by atoms with E-state index in [1.54, 1.807) is 0 Å². The molecular weight excluding hydrogens is 278 g/mol. The van der Waals surface area contributed by atoms with Crippen LogP contribution in [0.5, 0.6) is 5.75 Å². The third kappa shape index (κ3) is 2.50. The summed E-state index contributed by atoms with van der Waals surface area (Å²) in [6, 6.07) is 9.30. The highest BCUT2D eigenvalue weighted by molar-refractivity contribution is 9.09. The second kappa shape index (κ2) is 4.99. The van der Waals surface area contributed by atoms with Gasteiger partial charge in [0.1, 0.15) is 5.75 Å². The fraction of sp³-hybridized carbons (Fsp3) is 0.571. The van der Waals surface area contributed by atoms with E-state index in [4.69, 9.17) is 4.74 Å². The standard InChI is InChI=1S/C14H18BrNO/c15-7-8-16(12-5-6-12)9-11-10-17-14-4-2-1-3-13(11)14/h1-4,11-12H,5-10H2. The van der Waals surface area contributed by atoms with Gasteiger partial charge in [-0.1, -0.05) is 34.1 Å². The molecule has 2 nitrogen and oxygen atoms in total. The van der Waals surface area contributed by atoms with Crippen LogP contribution in [0.3, 0.4) is 0 Å².